The fourth-order valence-corrected chi connectivity index (χ4v) is 5.22. The Kier molecular flexibility index (Phi) is 8.20. The van der Waals surface area contributed by atoms with Gasteiger partial charge in [-0.1, -0.05) is 39.0 Å². The van der Waals surface area contributed by atoms with Gasteiger partial charge in [0.15, 0.2) is 0 Å². The molecule has 1 atom stereocenters. The highest BCUT2D eigenvalue weighted by molar-refractivity contribution is 5.85. The molecule has 0 bridgehead atoms. The molecule has 0 aromatic heterocycles. The Morgan fingerprint density at radius 1 is 1.00 bits per heavy atom. The van der Waals surface area contributed by atoms with Crippen LogP contribution in [0.5, 0.6) is 11.5 Å². The first-order valence-electron chi connectivity index (χ1n) is 12.9. The van der Waals surface area contributed by atoms with E-state index in [4.69, 9.17) is 9.47 Å². The summed E-state index contributed by atoms with van der Waals surface area (Å²) in [5, 5.41) is 9.21. The highest BCUT2D eigenvalue weighted by Crippen LogP contribution is 2.47. The second kappa shape index (κ2) is 11.4. The SMILES string of the molecule is CCC(CC(=O)O)c1cc(F)cc(OCc2ccc(-c3cc(OC)ccc3F)c(C3=CCCC3(C)C)c2)c1. The van der Waals surface area contributed by atoms with Crippen molar-refractivity contribution in [2.75, 3.05) is 7.11 Å². The Bertz CT molecular complexity index is 1360. The van der Waals surface area contributed by atoms with Gasteiger partial charge in [0.05, 0.1) is 13.5 Å². The monoisotopic (exact) mass is 520 g/mol. The molecule has 3 aromatic carbocycles. The molecule has 3 aromatic rings. The van der Waals surface area contributed by atoms with Crippen molar-refractivity contribution in [3.8, 4) is 22.6 Å². The molecule has 0 aliphatic heterocycles. The molecule has 1 N–H and O–H groups in total. The Hall–Kier alpha value is -3.67. The third kappa shape index (κ3) is 6.07. The van der Waals surface area contributed by atoms with Crippen LogP contribution in [0.25, 0.3) is 16.7 Å². The summed E-state index contributed by atoms with van der Waals surface area (Å²) in [6.45, 7) is 6.44. The van der Waals surface area contributed by atoms with Crippen LogP contribution in [0.1, 0.15) is 69.1 Å². The molecule has 4 rings (SSSR count). The summed E-state index contributed by atoms with van der Waals surface area (Å²) in [5.41, 5.74) is 4.73. The molecule has 200 valence electrons. The van der Waals surface area contributed by atoms with E-state index in [1.165, 1.54) is 18.2 Å². The molecular formula is C32H34F2O4. The van der Waals surface area contributed by atoms with Crippen LogP contribution in [0, 0.1) is 17.0 Å². The van der Waals surface area contributed by atoms with Crippen molar-refractivity contribution in [2.45, 2.75) is 59.0 Å². The van der Waals surface area contributed by atoms with Crippen molar-refractivity contribution >= 4 is 11.5 Å². The van der Waals surface area contributed by atoms with Gasteiger partial charge in [0, 0.05) is 11.6 Å². The lowest BCUT2D eigenvalue weighted by Crippen LogP contribution is -2.10. The Morgan fingerprint density at radius 2 is 1.79 bits per heavy atom. The van der Waals surface area contributed by atoms with E-state index in [0.29, 0.717) is 29.0 Å². The normalized spacial score (nSPS) is 15.2. The van der Waals surface area contributed by atoms with Gasteiger partial charge < -0.3 is 14.6 Å². The lowest BCUT2D eigenvalue weighted by atomic mass is 9.79. The number of hydrogen-bond acceptors (Lipinski definition) is 3. The van der Waals surface area contributed by atoms with Gasteiger partial charge >= 0.3 is 5.97 Å². The number of halogens is 2. The second-order valence-electron chi connectivity index (χ2n) is 10.5. The average molecular weight is 521 g/mol. The van der Waals surface area contributed by atoms with Gasteiger partial charge in [0.25, 0.3) is 0 Å². The number of allylic oxidation sites excluding steroid dienone is 2. The predicted molar refractivity (Wildman–Crippen MR) is 145 cm³/mol. The first kappa shape index (κ1) is 27.4. The van der Waals surface area contributed by atoms with E-state index in [2.05, 4.69) is 19.9 Å². The fourth-order valence-electron chi connectivity index (χ4n) is 5.22. The molecule has 0 spiro atoms. The summed E-state index contributed by atoms with van der Waals surface area (Å²) >= 11 is 0. The molecule has 0 amide bonds. The van der Waals surface area contributed by atoms with Gasteiger partial charge in [-0.3, -0.25) is 4.79 Å². The zero-order valence-electron chi connectivity index (χ0n) is 22.3. The predicted octanol–water partition coefficient (Wildman–Crippen LogP) is 8.39. The minimum Gasteiger partial charge on any atom is -0.497 e. The number of methoxy groups -OCH3 is 1. The summed E-state index contributed by atoms with van der Waals surface area (Å²) in [6.07, 6.45) is 4.67. The molecule has 0 radical (unpaired) electrons. The zero-order valence-corrected chi connectivity index (χ0v) is 22.3. The Morgan fingerprint density at radius 3 is 2.45 bits per heavy atom. The van der Waals surface area contributed by atoms with Crippen molar-refractivity contribution in [1.82, 2.24) is 0 Å². The molecule has 4 nitrogen and oxygen atoms in total. The number of ether oxygens (including phenoxy) is 2. The van der Waals surface area contributed by atoms with Crippen molar-refractivity contribution in [1.29, 1.82) is 0 Å². The molecule has 0 saturated heterocycles. The van der Waals surface area contributed by atoms with Crippen LogP contribution >= 0.6 is 0 Å². The van der Waals surface area contributed by atoms with E-state index in [1.807, 2.05) is 25.1 Å². The van der Waals surface area contributed by atoms with Gasteiger partial charge in [-0.05, 0) is 94.8 Å². The average Bonchev–Trinajstić information content (AvgIpc) is 3.24. The molecule has 1 unspecified atom stereocenters. The second-order valence-corrected chi connectivity index (χ2v) is 10.5. The maximum absolute atomic E-state index is 15.0. The van der Waals surface area contributed by atoms with Crippen LogP contribution in [-0.4, -0.2) is 18.2 Å². The first-order valence-corrected chi connectivity index (χ1v) is 12.9. The van der Waals surface area contributed by atoms with E-state index in [0.717, 1.165) is 35.1 Å². The third-order valence-electron chi connectivity index (χ3n) is 7.37. The van der Waals surface area contributed by atoms with Gasteiger partial charge in [0.2, 0.25) is 0 Å². The van der Waals surface area contributed by atoms with Crippen LogP contribution in [0.3, 0.4) is 0 Å². The van der Waals surface area contributed by atoms with Gasteiger partial charge in [-0.25, -0.2) is 8.78 Å². The van der Waals surface area contributed by atoms with Crippen molar-refractivity contribution in [3.63, 3.8) is 0 Å². The number of carboxylic acids is 1. The third-order valence-corrected chi connectivity index (χ3v) is 7.37. The highest BCUT2D eigenvalue weighted by atomic mass is 19.1. The minimum absolute atomic E-state index is 0.0691. The molecule has 38 heavy (non-hydrogen) atoms. The van der Waals surface area contributed by atoms with E-state index in [9.17, 15) is 18.7 Å². The van der Waals surface area contributed by atoms with E-state index < -0.39 is 11.8 Å². The molecule has 0 heterocycles. The summed E-state index contributed by atoms with van der Waals surface area (Å²) < 4.78 is 40.7. The lowest BCUT2D eigenvalue weighted by Gasteiger charge is -2.25. The van der Waals surface area contributed by atoms with E-state index >= 15 is 0 Å². The molecule has 1 aliphatic carbocycles. The number of carbonyl (C=O) groups is 1. The summed E-state index contributed by atoms with van der Waals surface area (Å²) in [4.78, 5) is 11.2. The molecule has 1 aliphatic rings. The van der Waals surface area contributed by atoms with Gasteiger partial charge in [-0.2, -0.15) is 0 Å². The van der Waals surface area contributed by atoms with E-state index in [-0.39, 0.29) is 30.2 Å². The van der Waals surface area contributed by atoms with E-state index in [1.54, 1.807) is 25.3 Å². The standard InChI is InChI=1S/C32H34F2O4/c1-5-21(16-31(35)36)22-14-23(33)17-25(15-22)38-19-20-8-10-26(28-18-24(37-4)9-11-30(28)34)27(13-20)29-7-6-12-32(29,2)3/h7-11,13-15,17-18,21H,5-6,12,16,19H2,1-4H3,(H,35,36). The number of hydrogen-bond donors (Lipinski definition) is 1. The Balaban J connectivity index is 1.68. The van der Waals surface area contributed by atoms with Crippen LogP contribution in [0.2, 0.25) is 0 Å². The summed E-state index contributed by atoms with van der Waals surface area (Å²) in [6, 6.07) is 14.9. The first-order chi connectivity index (χ1) is 18.1. The number of rotatable bonds is 10. The van der Waals surface area contributed by atoms with Gasteiger partial charge in [-0.15, -0.1) is 0 Å². The number of benzene rings is 3. The van der Waals surface area contributed by atoms with Crippen LogP contribution < -0.4 is 9.47 Å². The quantitative estimate of drug-likeness (QED) is 0.292. The van der Waals surface area contributed by atoms with Crippen molar-refractivity contribution in [2.24, 2.45) is 5.41 Å². The maximum atomic E-state index is 15.0. The molecule has 6 heteroatoms. The lowest BCUT2D eigenvalue weighted by molar-refractivity contribution is -0.137. The largest absolute Gasteiger partial charge is 0.497 e. The number of aliphatic carboxylic acids is 1. The smallest absolute Gasteiger partial charge is 0.303 e. The topological polar surface area (TPSA) is 55.8 Å². The zero-order chi connectivity index (χ0) is 27.4. The molecule has 0 saturated carbocycles. The van der Waals surface area contributed by atoms with Crippen molar-refractivity contribution in [3.05, 3.63) is 89.0 Å². The van der Waals surface area contributed by atoms with Crippen LogP contribution in [0.4, 0.5) is 8.78 Å². The molecule has 0 fully saturated rings. The van der Waals surface area contributed by atoms with Crippen molar-refractivity contribution < 1.29 is 28.2 Å². The maximum Gasteiger partial charge on any atom is 0.303 e. The number of carboxylic acid groups (broad SMARTS) is 1. The van der Waals surface area contributed by atoms with Crippen LogP contribution in [0.15, 0.2) is 60.7 Å². The van der Waals surface area contributed by atoms with Gasteiger partial charge in [0.1, 0.15) is 29.7 Å². The summed E-state index contributed by atoms with van der Waals surface area (Å²) in [7, 11) is 1.56. The van der Waals surface area contributed by atoms with Crippen LogP contribution in [-0.2, 0) is 11.4 Å². The molecular weight excluding hydrogens is 486 g/mol. The fraction of sp³-hybridized carbons (Fsp3) is 0.344. The highest BCUT2D eigenvalue weighted by Gasteiger charge is 2.30. The minimum atomic E-state index is -0.923. The summed E-state index contributed by atoms with van der Waals surface area (Å²) in [5.74, 6) is -1.10. The Labute approximate surface area is 222 Å².